The summed E-state index contributed by atoms with van der Waals surface area (Å²) in [6.07, 6.45) is 3.85. The van der Waals surface area contributed by atoms with Gasteiger partial charge in [0.1, 0.15) is 5.75 Å². The van der Waals surface area contributed by atoms with Crippen LogP contribution < -0.4 is 10.1 Å². The lowest BCUT2D eigenvalue weighted by atomic mass is 9.95. The van der Waals surface area contributed by atoms with Crippen LogP contribution in [0.4, 0.5) is 0 Å². The number of hydrogen-bond donors (Lipinski definition) is 2. The number of halogens is 1. The van der Waals surface area contributed by atoms with Gasteiger partial charge in [-0.05, 0) is 45.0 Å². The fourth-order valence-corrected chi connectivity index (χ4v) is 4.60. The van der Waals surface area contributed by atoms with Gasteiger partial charge in [0.15, 0.2) is 5.65 Å². The average molecular weight is 468 g/mol. The van der Waals surface area contributed by atoms with Crippen molar-refractivity contribution in [2.75, 3.05) is 13.1 Å². The molecule has 2 aromatic heterocycles. The lowest BCUT2D eigenvalue weighted by Gasteiger charge is -2.25. The van der Waals surface area contributed by atoms with Crippen molar-refractivity contribution >= 4 is 23.2 Å². The maximum Gasteiger partial charge on any atom is 0.258 e. The molecule has 8 nitrogen and oxygen atoms in total. The third-order valence-electron chi connectivity index (χ3n) is 6.38. The predicted octanol–water partition coefficient (Wildman–Crippen LogP) is 3.02. The molecule has 2 aliphatic heterocycles. The van der Waals surface area contributed by atoms with E-state index in [2.05, 4.69) is 15.4 Å². The predicted molar refractivity (Wildman–Crippen MR) is 124 cm³/mol. The molecule has 1 saturated heterocycles. The van der Waals surface area contributed by atoms with E-state index >= 15 is 0 Å². The molecule has 33 heavy (non-hydrogen) atoms. The summed E-state index contributed by atoms with van der Waals surface area (Å²) in [6, 6.07) is 7.20. The zero-order chi connectivity index (χ0) is 23.1. The van der Waals surface area contributed by atoms with E-state index in [0.717, 1.165) is 41.3 Å². The number of rotatable bonds is 4. The van der Waals surface area contributed by atoms with Crippen molar-refractivity contribution in [3.05, 3.63) is 69.8 Å². The maximum absolute atomic E-state index is 13.4. The van der Waals surface area contributed by atoms with Gasteiger partial charge in [-0.25, -0.2) is 9.50 Å². The number of aliphatic hydroxyl groups is 1. The van der Waals surface area contributed by atoms with Gasteiger partial charge in [-0.15, -0.1) is 0 Å². The molecule has 2 atom stereocenters. The number of piperidine rings is 1. The van der Waals surface area contributed by atoms with Crippen LogP contribution in [0.3, 0.4) is 0 Å². The highest BCUT2D eigenvalue weighted by molar-refractivity contribution is 6.31. The number of aryl methyl sites for hydroxylation is 2. The van der Waals surface area contributed by atoms with Gasteiger partial charge in [0.05, 0.1) is 53.1 Å². The van der Waals surface area contributed by atoms with Gasteiger partial charge in [0, 0.05) is 18.0 Å². The van der Waals surface area contributed by atoms with E-state index in [9.17, 15) is 9.90 Å². The molecule has 2 aliphatic rings. The van der Waals surface area contributed by atoms with E-state index in [1.807, 2.05) is 32.1 Å². The lowest BCUT2D eigenvalue weighted by molar-refractivity contribution is 0.0746. The summed E-state index contributed by atoms with van der Waals surface area (Å²) in [5.74, 6) is 0.393. The third-order valence-corrected chi connectivity index (χ3v) is 6.93. The summed E-state index contributed by atoms with van der Waals surface area (Å²) in [5, 5.41) is 18.5. The van der Waals surface area contributed by atoms with E-state index in [4.69, 9.17) is 16.3 Å². The van der Waals surface area contributed by atoms with E-state index < -0.39 is 6.10 Å². The van der Waals surface area contributed by atoms with Gasteiger partial charge >= 0.3 is 0 Å². The summed E-state index contributed by atoms with van der Waals surface area (Å²) in [7, 11) is 0. The molecule has 9 heteroatoms. The second-order valence-electron chi connectivity index (χ2n) is 8.59. The van der Waals surface area contributed by atoms with Crippen LogP contribution in [0.15, 0.2) is 36.6 Å². The number of para-hydroxylation sites is 1. The Kier molecular flexibility index (Phi) is 5.82. The minimum absolute atomic E-state index is 0.0342. The first kappa shape index (κ1) is 21.9. The Morgan fingerprint density at radius 3 is 2.94 bits per heavy atom. The molecule has 0 aliphatic carbocycles. The number of carbonyl (C=O) groups excluding carboxylic acids is 1. The molecule has 4 heterocycles. The number of nitrogens with one attached hydrogen (secondary N) is 1. The van der Waals surface area contributed by atoms with Crippen LogP contribution in [0.5, 0.6) is 5.75 Å². The molecule has 1 amide bonds. The van der Waals surface area contributed by atoms with E-state index in [1.54, 1.807) is 27.8 Å². The Hall–Kier alpha value is -2.94. The first-order valence-electron chi connectivity index (χ1n) is 11.1. The molecular weight excluding hydrogens is 442 g/mol. The van der Waals surface area contributed by atoms with Gasteiger partial charge in [0.25, 0.3) is 5.91 Å². The minimum atomic E-state index is -0.436. The SMILES string of the molecule is Cc1nc2c3c(nn2c(C)c1Cl)CN(C(=O)c1ccccc1OC=CC1CCNCC1O)C3. The highest BCUT2D eigenvalue weighted by Crippen LogP contribution is 2.31. The fourth-order valence-electron chi connectivity index (χ4n) is 4.47. The highest BCUT2D eigenvalue weighted by Gasteiger charge is 2.31. The number of carbonyl (C=O) groups is 1. The molecule has 0 saturated carbocycles. The molecular formula is C24H26ClN5O3. The van der Waals surface area contributed by atoms with Crippen LogP contribution in [0.1, 0.15) is 39.4 Å². The molecule has 172 valence electrons. The molecule has 1 fully saturated rings. The first-order chi connectivity index (χ1) is 15.9. The second-order valence-corrected chi connectivity index (χ2v) is 8.96. The van der Waals surface area contributed by atoms with Crippen LogP contribution in [0, 0.1) is 19.8 Å². The Bertz CT molecular complexity index is 1250. The van der Waals surface area contributed by atoms with Crippen molar-refractivity contribution in [3.8, 4) is 5.75 Å². The number of fused-ring (bicyclic) bond motifs is 3. The van der Waals surface area contributed by atoms with E-state index in [0.29, 0.717) is 36.0 Å². The Balaban J connectivity index is 1.34. The third kappa shape index (κ3) is 3.99. The van der Waals surface area contributed by atoms with Crippen molar-refractivity contribution < 1.29 is 14.6 Å². The fraction of sp³-hybridized carbons (Fsp3) is 0.375. The molecule has 1 aromatic carbocycles. The molecule has 0 spiro atoms. The molecule has 2 unspecified atom stereocenters. The van der Waals surface area contributed by atoms with Crippen LogP contribution in [0.2, 0.25) is 5.02 Å². The minimum Gasteiger partial charge on any atom is -0.464 e. The Morgan fingerprint density at radius 1 is 1.30 bits per heavy atom. The average Bonchev–Trinajstić information content (AvgIpc) is 3.38. The van der Waals surface area contributed by atoms with Crippen LogP contribution in [-0.4, -0.2) is 49.7 Å². The lowest BCUT2D eigenvalue weighted by Crippen LogP contribution is -2.39. The van der Waals surface area contributed by atoms with Crippen molar-refractivity contribution in [1.29, 1.82) is 0 Å². The van der Waals surface area contributed by atoms with Gasteiger partial charge in [-0.2, -0.15) is 5.10 Å². The summed E-state index contributed by atoms with van der Waals surface area (Å²) in [4.78, 5) is 19.7. The van der Waals surface area contributed by atoms with Crippen LogP contribution >= 0.6 is 11.6 Å². The Morgan fingerprint density at radius 2 is 2.12 bits per heavy atom. The van der Waals surface area contributed by atoms with Crippen molar-refractivity contribution in [2.24, 2.45) is 5.92 Å². The summed E-state index contributed by atoms with van der Waals surface area (Å²) in [5.41, 5.74) is 4.60. The molecule has 3 aromatic rings. The number of ether oxygens (including phenoxy) is 1. The zero-order valence-corrected chi connectivity index (χ0v) is 19.3. The summed E-state index contributed by atoms with van der Waals surface area (Å²) >= 11 is 6.33. The monoisotopic (exact) mass is 467 g/mol. The number of β-amino-alcohol motifs (C(OH)–C–C–N with tert-alkyl or cyclic N) is 1. The second kappa shape index (κ2) is 8.78. The van der Waals surface area contributed by atoms with E-state index in [-0.39, 0.29) is 11.8 Å². The summed E-state index contributed by atoms with van der Waals surface area (Å²) < 4.78 is 7.60. The molecule has 2 N–H and O–H groups in total. The highest BCUT2D eigenvalue weighted by atomic mass is 35.5. The standard InChI is InChI=1S/C24H26ClN5O3/c1-14-22(25)15(2)30-23(27-14)18-12-29(13-19(18)28-30)24(32)17-5-3-4-6-21(17)33-10-8-16-7-9-26-11-20(16)31/h3-6,8,10,16,20,26,31H,7,9,11-13H2,1-2H3. The van der Waals surface area contributed by atoms with Gasteiger partial charge < -0.3 is 20.1 Å². The maximum atomic E-state index is 13.4. The van der Waals surface area contributed by atoms with Crippen molar-refractivity contribution in [2.45, 2.75) is 39.5 Å². The van der Waals surface area contributed by atoms with Crippen LogP contribution in [0.25, 0.3) is 5.65 Å². The number of benzene rings is 1. The van der Waals surface area contributed by atoms with Crippen molar-refractivity contribution in [1.82, 2.24) is 24.8 Å². The van der Waals surface area contributed by atoms with Gasteiger partial charge in [-0.1, -0.05) is 23.7 Å². The van der Waals surface area contributed by atoms with Crippen LogP contribution in [-0.2, 0) is 13.1 Å². The quantitative estimate of drug-likeness (QED) is 0.573. The molecule has 0 radical (unpaired) electrons. The smallest absolute Gasteiger partial charge is 0.258 e. The number of nitrogens with zero attached hydrogens (tertiary/aromatic N) is 4. The number of aliphatic hydroxyl groups excluding tert-OH is 1. The normalized spacial score (nSPS) is 20.5. The zero-order valence-electron chi connectivity index (χ0n) is 18.6. The first-order valence-corrected chi connectivity index (χ1v) is 11.5. The van der Waals surface area contributed by atoms with Crippen molar-refractivity contribution in [3.63, 3.8) is 0 Å². The number of aromatic nitrogens is 3. The molecule has 0 bridgehead atoms. The number of amides is 1. The van der Waals surface area contributed by atoms with Gasteiger partial charge in [0.2, 0.25) is 0 Å². The topological polar surface area (TPSA) is 92.0 Å². The van der Waals surface area contributed by atoms with Gasteiger partial charge in [-0.3, -0.25) is 4.79 Å². The molecule has 5 rings (SSSR count). The summed E-state index contributed by atoms with van der Waals surface area (Å²) in [6.45, 7) is 6.05. The largest absolute Gasteiger partial charge is 0.464 e. The Labute approximate surface area is 196 Å². The van der Waals surface area contributed by atoms with E-state index in [1.165, 1.54) is 0 Å². The number of hydrogen-bond acceptors (Lipinski definition) is 6.